The first-order chi connectivity index (χ1) is 21.0. The molecule has 44 heavy (non-hydrogen) atoms. The molecule has 2 N–H and O–H groups in total. The van der Waals surface area contributed by atoms with Crippen LogP contribution in [0.1, 0.15) is 41.9 Å². The maximum absolute atomic E-state index is 13.2. The molecule has 6 aromatic rings. The van der Waals surface area contributed by atoms with E-state index in [9.17, 15) is 18.3 Å². The maximum atomic E-state index is 13.2. The van der Waals surface area contributed by atoms with Gasteiger partial charge < -0.3 is 10.2 Å². The fourth-order valence-electron chi connectivity index (χ4n) is 5.23. The molecule has 10 heteroatoms. The normalized spacial score (nSPS) is 11.5. The van der Waals surface area contributed by atoms with Crippen LogP contribution in [0.25, 0.3) is 27.4 Å². The van der Waals surface area contributed by atoms with Gasteiger partial charge >= 0.3 is 6.18 Å². The van der Waals surface area contributed by atoms with E-state index in [1.54, 1.807) is 30.5 Å². The van der Waals surface area contributed by atoms with Gasteiger partial charge in [0.15, 0.2) is 0 Å². The van der Waals surface area contributed by atoms with E-state index in [0.717, 1.165) is 45.2 Å². The predicted octanol–water partition coefficient (Wildman–Crippen LogP) is 9.71. The van der Waals surface area contributed by atoms with E-state index < -0.39 is 11.7 Å². The van der Waals surface area contributed by atoms with E-state index >= 15 is 0 Å². The molecule has 6 rings (SSSR count). The lowest BCUT2D eigenvalue weighted by Gasteiger charge is -2.15. The van der Waals surface area contributed by atoms with Crippen LogP contribution in [0.5, 0.6) is 11.5 Å². The zero-order valence-electron chi connectivity index (χ0n) is 23.8. The number of aromatic hydroxyl groups is 2. The van der Waals surface area contributed by atoms with E-state index in [2.05, 4.69) is 10.1 Å². The molecule has 2 heterocycles. The summed E-state index contributed by atoms with van der Waals surface area (Å²) in [5.41, 5.74) is 2.97. The van der Waals surface area contributed by atoms with Gasteiger partial charge in [0.2, 0.25) is 0 Å². The SMILES string of the molecule is CCc1nn(-c2c(Cl)cc(C(F)(F)F)cc2Cl)c(CC)c1Cc1c(O)ccc2cccnc12.Oc1ccc2ccccc2c1. The van der Waals surface area contributed by atoms with Gasteiger partial charge in [0.1, 0.15) is 17.2 Å². The lowest BCUT2D eigenvalue weighted by molar-refractivity contribution is -0.137. The van der Waals surface area contributed by atoms with Gasteiger partial charge in [-0.15, -0.1) is 0 Å². The minimum absolute atomic E-state index is 0.114. The van der Waals surface area contributed by atoms with Crippen LogP contribution in [0, 0.1) is 0 Å². The predicted molar refractivity (Wildman–Crippen MR) is 169 cm³/mol. The highest BCUT2D eigenvalue weighted by molar-refractivity contribution is 6.37. The second-order valence-corrected chi connectivity index (χ2v) is 10.9. The molecule has 0 unspecified atom stereocenters. The van der Waals surface area contributed by atoms with Gasteiger partial charge in [-0.25, -0.2) is 4.68 Å². The lowest BCUT2D eigenvalue weighted by atomic mass is 9.97. The van der Waals surface area contributed by atoms with Crippen molar-refractivity contribution in [3.63, 3.8) is 0 Å². The molecule has 4 aromatic carbocycles. The number of benzene rings is 4. The van der Waals surface area contributed by atoms with Crippen molar-refractivity contribution in [1.29, 1.82) is 0 Å². The Kier molecular flexibility index (Phi) is 9.04. The molecule has 226 valence electrons. The topological polar surface area (TPSA) is 71.2 Å². The van der Waals surface area contributed by atoms with Crippen LogP contribution in [-0.2, 0) is 25.4 Å². The van der Waals surface area contributed by atoms with Gasteiger partial charge in [0.05, 0.1) is 26.8 Å². The van der Waals surface area contributed by atoms with Crippen LogP contribution < -0.4 is 0 Å². The van der Waals surface area contributed by atoms with Crippen LogP contribution in [0.4, 0.5) is 13.2 Å². The Morgan fingerprint density at radius 1 is 0.773 bits per heavy atom. The molecule has 2 aromatic heterocycles. The highest BCUT2D eigenvalue weighted by Gasteiger charge is 2.33. The summed E-state index contributed by atoms with van der Waals surface area (Å²) in [7, 11) is 0. The first-order valence-corrected chi connectivity index (χ1v) is 14.7. The molecule has 0 bridgehead atoms. The van der Waals surface area contributed by atoms with Crippen LogP contribution >= 0.6 is 23.2 Å². The second kappa shape index (κ2) is 12.8. The Morgan fingerprint density at radius 3 is 2.09 bits per heavy atom. The molecule has 0 atom stereocenters. The molecule has 0 aliphatic carbocycles. The number of nitrogens with zero attached hydrogens (tertiary/aromatic N) is 3. The first kappa shape index (κ1) is 31.2. The number of aromatic nitrogens is 3. The molecule has 0 spiro atoms. The summed E-state index contributed by atoms with van der Waals surface area (Å²) in [6, 6.07) is 22.2. The Bertz CT molecular complexity index is 1950. The highest BCUT2D eigenvalue weighted by atomic mass is 35.5. The minimum Gasteiger partial charge on any atom is -0.508 e. The molecule has 0 aliphatic rings. The smallest absolute Gasteiger partial charge is 0.416 e. The number of rotatable bonds is 5. The number of pyridine rings is 1. The Balaban J connectivity index is 0.000000291. The van der Waals surface area contributed by atoms with Crippen molar-refractivity contribution in [2.24, 2.45) is 0 Å². The third-order valence-electron chi connectivity index (χ3n) is 7.34. The number of hydrogen-bond acceptors (Lipinski definition) is 4. The van der Waals surface area contributed by atoms with E-state index in [1.807, 2.05) is 56.3 Å². The van der Waals surface area contributed by atoms with Gasteiger partial charge in [-0.1, -0.05) is 73.4 Å². The Labute approximate surface area is 262 Å². The fraction of sp³-hybridized carbons (Fsp3) is 0.176. The zero-order chi connectivity index (χ0) is 31.6. The zero-order valence-corrected chi connectivity index (χ0v) is 25.3. The molecule has 0 saturated carbocycles. The average molecular weight is 639 g/mol. The van der Waals surface area contributed by atoms with Crippen LogP contribution in [0.2, 0.25) is 10.0 Å². The summed E-state index contributed by atoms with van der Waals surface area (Å²) in [6.45, 7) is 3.86. The van der Waals surface area contributed by atoms with E-state index in [-0.39, 0.29) is 21.5 Å². The summed E-state index contributed by atoms with van der Waals surface area (Å²) in [5, 5.41) is 27.2. The minimum atomic E-state index is -4.57. The van der Waals surface area contributed by atoms with Crippen LogP contribution in [0.15, 0.2) is 85.1 Å². The number of aryl methyl sites for hydroxylation is 1. The van der Waals surface area contributed by atoms with Gasteiger partial charge in [0, 0.05) is 34.8 Å². The molecule has 0 fully saturated rings. The quantitative estimate of drug-likeness (QED) is 0.197. The summed E-state index contributed by atoms with van der Waals surface area (Å²) >= 11 is 12.6. The Hall–Kier alpha value is -4.27. The summed E-state index contributed by atoms with van der Waals surface area (Å²) in [6.07, 6.45) is -1.46. The first-order valence-electron chi connectivity index (χ1n) is 13.9. The standard InChI is InChI=1S/C24H20Cl2F3N3O.C10H8O/c1-3-19-15(12-16-21(33)8-7-13-6-5-9-30-22(13)16)20(4-2)32(31-19)23-17(25)10-14(11-18(23)26)24(27,28)29;11-10-6-5-8-3-1-2-4-9(8)7-10/h5-11,33H,3-4,12H2,1-2H3;1-7,11H. The molecule has 0 amide bonds. The van der Waals surface area contributed by atoms with Gasteiger partial charge in [-0.05, 0) is 66.1 Å². The van der Waals surface area contributed by atoms with Crippen molar-refractivity contribution in [1.82, 2.24) is 14.8 Å². The third-order valence-corrected chi connectivity index (χ3v) is 7.92. The molecular formula is C34H28Cl2F3N3O2. The van der Waals surface area contributed by atoms with Crippen molar-refractivity contribution >= 4 is 44.9 Å². The van der Waals surface area contributed by atoms with E-state index in [0.29, 0.717) is 36.1 Å². The van der Waals surface area contributed by atoms with Gasteiger partial charge in [-0.3, -0.25) is 4.98 Å². The number of alkyl halides is 3. The Morgan fingerprint density at radius 2 is 1.43 bits per heavy atom. The second-order valence-electron chi connectivity index (χ2n) is 10.1. The van der Waals surface area contributed by atoms with Crippen LogP contribution in [0.3, 0.4) is 0 Å². The van der Waals surface area contributed by atoms with E-state index in [4.69, 9.17) is 28.3 Å². The van der Waals surface area contributed by atoms with Crippen molar-refractivity contribution in [2.45, 2.75) is 39.3 Å². The van der Waals surface area contributed by atoms with E-state index in [1.165, 1.54) is 4.68 Å². The molecule has 0 saturated heterocycles. The average Bonchev–Trinajstić information content (AvgIpc) is 3.34. The fourth-order valence-corrected chi connectivity index (χ4v) is 5.87. The molecular weight excluding hydrogens is 610 g/mol. The van der Waals surface area contributed by atoms with Crippen molar-refractivity contribution in [3.05, 3.63) is 123 Å². The van der Waals surface area contributed by atoms with Gasteiger partial charge in [0.25, 0.3) is 0 Å². The summed E-state index contributed by atoms with van der Waals surface area (Å²) in [4.78, 5) is 4.44. The number of hydrogen-bond donors (Lipinski definition) is 2. The van der Waals surface area contributed by atoms with Crippen molar-refractivity contribution in [2.75, 3.05) is 0 Å². The highest BCUT2D eigenvalue weighted by Crippen LogP contribution is 2.39. The van der Waals surface area contributed by atoms with Crippen molar-refractivity contribution in [3.8, 4) is 17.2 Å². The van der Waals surface area contributed by atoms with Crippen molar-refractivity contribution < 1.29 is 23.4 Å². The largest absolute Gasteiger partial charge is 0.508 e. The molecule has 0 aliphatic heterocycles. The summed E-state index contributed by atoms with van der Waals surface area (Å²) < 4.78 is 41.1. The van der Waals surface area contributed by atoms with Crippen LogP contribution in [-0.4, -0.2) is 25.0 Å². The number of halogens is 5. The maximum Gasteiger partial charge on any atom is 0.416 e. The van der Waals surface area contributed by atoms with Gasteiger partial charge in [-0.2, -0.15) is 18.3 Å². The molecule has 5 nitrogen and oxygen atoms in total. The molecule has 0 radical (unpaired) electrons. The lowest BCUT2D eigenvalue weighted by Crippen LogP contribution is -2.09. The number of phenolic OH excluding ortho intramolecular Hbond substituents is 2. The number of phenols is 2. The monoisotopic (exact) mass is 637 g/mol. The summed E-state index contributed by atoms with van der Waals surface area (Å²) in [5.74, 6) is 0.437. The number of fused-ring (bicyclic) bond motifs is 2. The third kappa shape index (κ3) is 6.32.